The van der Waals surface area contributed by atoms with Crippen molar-refractivity contribution in [2.75, 3.05) is 18.8 Å². The summed E-state index contributed by atoms with van der Waals surface area (Å²) in [7, 11) is 0. The number of thioether (sulfide) groups is 1. The molecule has 1 atom stereocenters. The molecule has 2 aromatic rings. The smallest absolute Gasteiger partial charge is 0.275 e. The van der Waals surface area contributed by atoms with Crippen molar-refractivity contribution in [3.8, 4) is 0 Å². The molecule has 2 aliphatic rings. The lowest BCUT2D eigenvalue weighted by Crippen LogP contribution is -2.60. The molecule has 0 radical (unpaired) electrons. The predicted molar refractivity (Wildman–Crippen MR) is 85.0 cm³/mol. The number of likely N-dealkylation sites (tertiary alicyclic amines) is 1. The lowest BCUT2D eigenvalue weighted by molar-refractivity contribution is 0.0243. The number of pyridine rings is 1. The number of hydrogen-bond acceptors (Lipinski definition) is 6. The largest absolute Gasteiger partial charge is 0.451 e. The molecule has 0 aliphatic carbocycles. The number of carbonyl (C=O) groups is 1. The summed E-state index contributed by atoms with van der Waals surface area (Å²) >= 11 is 1.91. The highest BCUT2D eigenvalue weighted by Crippen LogP contribution is 2.46. The third kappa shape index (κ3) is 2.98. The predicted octanol–water partition coefficient (Wildman–Crippen LogP) is 1.99. The molecule has 0 N–H and O–H groups in total. The van der Waals surface area contributed by atoms with Gasteiger partial charge in [0.05, 0.1) is 23.2 Å². The Kier molecular flexibility index (Phi) is 3.82. The number of carbonyl (C=O) groups excluding carboxylic acids is 1. The molecule has 2 aromatic heterocycles. The second-order valence-electron chi connectivity index (χ2n) is 5.99. The molecule has 2 aliphatic heterocycles. The van der Waals surface area contributed by atoms with E-state index in [2.05, 4.69) is 9.97 Å². The molecule has 2 saturated heterocycles. The third-order valence-corrected chi connectivity index (χ3v) is 5.84. The fourth-order valence-corrected chi connectivity index (χ4v) is 4.64. The van der Waals surface area contributed by atoms with Crippen molar-refractivity contribution in [1.29, 1.82) is 0 Å². The van der Waals surface area contributed by atoms with E-state index in [9.17, 15) is 4.79 Å². The zero-order valence-electron chi connectivity index (χ0n) is 12.6. The Labute approximate surface area is 138 Å². The average Bonchev–Trinajstić information content (AvgIpc) is 3.22. The summed E-state index contributed by atoms with van der Waals surface area (Å²) in [4.78, 5) is 22.2. The Balaban J connectivity index is 1.27. The molecule has 4 heterocycles. The minimum absolute atomic E-state index is 0.0529. The molecule has 2 fully saturated rings. The quantitative estimate of drug-likeness (QED) is 0.853. The molecule has 0 saturated carbocycles. The number of aromatic nitrogens is 2. The summed E-state index contributed by atoms with van der Waals surface area (Å²) < 4.78 is 11.0. The van der Waals surface area contributed by atoms with Gasteiger partial charge in [-0.3, -0.25) is 9.78 Å². The highest BCUT2D eigenvalue weighted by atomic mass is 32.2. The van der Waals surface area contributed by atoms with E-state index in [0.29, 0.717) is 12.3 Å². The Hall–Kier alpha value is -1.86. The topological polar surface area (TPSA) is 68.5 Å². The van der Waals surface area contributed by atoms with Gasteiger partial charge in [0, 0.05) is 25.0 Å². The van der Waals surface area contributed by atoms with Gasteiger partial charge >= 0.3 is 0 Å². The molecule has 7 heteroatoms. The average molecular weight is 331 g/mol. The molecule has 1 spiro atoms. The lowest BCUT2D eigenvalue weighted by Gasteiger charge is -2.47. The maximum Gasteiger partial charge on any atom is 0.275 e. The molecular formula is C16H17N3O3S. The number of amides is 1. The minimum atomic E-state index is -0.0529. The number of nitrogens with zero attached hydrogens (tertiary/aromatic N) is 3. The maximum atomic E-state index is 12.2. The van der Waals surface area contributed by atoms with Crippen molar-refractivity contribution in [1.82, 2.24) is 14.9 Å². The van der Waals surface area contributed by atoms with Gasteiger partial charge in [-0.05, 0) is 18.6 Å². The van der Waals surface area contributed by atoms with Gasteiger partial charge in [0.15, 0.2) is 12.1 Å². The van der Waals surface area contributed by atoms with Gasteiger partial charge < -0.3 is 14.1 Å². The maximum absolute atomic E-state index is 12.2. The molecule has 4 rings (SSSR count). The van der Waals surface area contributed by atoms with Gasteiger partial charge in [0.25, 0.3) is 5.91 Å². The molecule has 6 nitrogen and oxygen atoms in total. The molecule has 23 heavy (non-hydrogen) atoms. The van der Waals surface area contributed by atoms with Gasteiger partial charge in [-0.1, -0.05) is 6.07 Å². The van der Waals surface area contributed by atoms with Crippen molar-refractivity contribution in [2.24, 2.45) is 0 Å². The first kappa shape index (κ1) is 14.7. The van der Waals surface area contributed by atoms with Crippen LogP contribution >= 0.6 is 11.8 Å². The van der Waals surface area contributed by atoms with Gasteiger partial charge in [-0.15, -0.1) is 11.8 Å². The van der Waals surface area contributed by atoms with Crippen LogP contribution < -0.4 is 0 Å². The van der Waals surface area contributed by atoms with E-state index in [0.717, 1.165) is 31.0 Å². The van der Waals surface area contributed by atoms with Crippen LogP contribution in [-0.4, -0.2) is 50.5 Å². The van der Waals surface area contributed by atoms with Crippen LogP contribution in [0.15, 0.2) is 41.5 Å². The second kappa shape index (κ2) is 5.98. The van der Waals surface area contributed by atoms with Gasteiger partial charge in [0.2, 0.25) is 0 Å². The van der Waals surface area contributed by atoms with Gasteiger partial charge in [-0.2, -0.15) is 0 Å². The van der Waals surface area contributed by atoms with Crippen LogP contribution in [0.4, 0.5) is 0 Å². The Morgan fingerprint density at radius 1 is 1.43 bits per heavy atom. The van der Waals surface area contributed by atoms with E-state index >= 15 is 0 Å². The summed E-state index contributed by atoms with van der Waals surface area (Å²) in [5.74, 6) is 0.918. The summed E-state index contributed by atoms with van der Waals surface area (Å²) in [6, 6.07) is 5.84. The van der Waals surface area contributed by atoms with Crippen molar-refractivity contribution in [2.45, 2.75) is 23.9 Å². The van der Waals surface area contributed by atoms with E-state index in [1.54, 1.807) is 6.20 Å². The standard InChI is InChI=1S/C16H17N3O3S/c20-15(14-7-21-11-18-14)19-9-16(10-19)5-13(8-23-16)22-6-12-3-1-2-4-17-12/h1-4,7,11,13H,5-6,8-10H2. The SMILES string of the molecule is O=C(c1cocn1)N1CC2(CC(OCc3ccccn3)CS2)C1. The summed E-state index contributed by atoms with van der Waals surface area (Å²) in [6.45, 7) is 2.06. The Morgan fingerprint density at radius 2 is 2.35 bits per heavy atom. The highest BCUT2D eigenvalue weighted by molar-refractivity contribution is 8.01. The van der Waals surface area contributed by atoms with Crippen LogP contribution in [0.3, 0.4) is 0 Å². The van der Waals surface area contributed by atoms with Crippen molar-refractivity contribution >= 4 is 17.7 Å². The second-order valence-corrected chi connectivity index (χ2v) is 7.48. The van der Waals surface area contributed by atoms with Crippen molar-refractivity contribution in [3.63, 3.8) is 0 Å². The first-order chi connectivity index (χ1) is 11.2. The molecule has 0 bridgehead atoms. The molecule has 120 valence electrons. The number of rotatable bonds is 4. The number of ether oxygens (including phenoxy) is 1. The zero-order chi connectivity index (χ0) is 15.7. The monoisotopic (exact) mass is 331 g/mol. The van der Waals surface area contributed by atoms with E-state index in [1.807, 2.05) is 34.9 Å². The van der Waals surface area contributed by atoms with Crippen LogP contribution in [0.1, 0.15) is 22.6 Å². The van der Waals surface area contributed by atoms with E-state index < -0.39 is 0 Å². The van der Waals surface area contributed by atoms with Crippen molar-refractivity contribution < 1.29 is 13.9 Å². The summed E-state index contributed by atoms with van der Waals surface area (Å²) in [5.41, 5.74) is 1.33. The van der Waals surface area contributed by atoms with Crippen LogP contribution in [0, 0.1) is 0 Å². The summed E-state index contributed by atoms with van der Waals surface area (Å²) in [5, 5.41) is 0. The first-order valence-corrected chi connectivity index (χ1v) is 8.56. The Bertz CT molecular complexity index is 671. The van der Waals surface area contributed by atoms with E-state index in [1.165, 1.54) is 12.7 Å². The van der Waals surface area contributed by atoms with Crippen LogP contribution in [0.5, 0.6) is 0 Å². The van der Waals surface area contributed by atoms with Crippen LogP contribution in [0.25, 0.3) is 0 Å². The highest BCUT2D eigenvalue weighted by Gasteiger charge is 2.51. The Morgan fingerprint density at radius 3 is 3.09 bits per heavy atom. The van der Waals surface area contributed by atoms with E-state index in [-0.39, 0.29) is 16.8 Å². The van der Waals surface area contributed by atoms with E-state index in [4.69, 9.17) is 9.15 Å². The van der Waals surface area contributed by atoms with Crippen molar-refractivity contribution in [3.05, 3.63) is 48.4 Å². The van der Waals surface area contributed by atoms with Crippen LogP contribution in [0.2, 0.25) is 0 Å². The van der Waals surface area contributed by atoms with Crippen LogP contribution in [-0.2, 0) is 11.3 Å². The zero-order valence-corrected chi connectivity index (χ0v) is 13.4. The summed E-state index contributed by atoms with van der Waals surface area (Å²) in [6.07, 6.45) is 5.67. The fraction of sp³-hybridized carbons (Fsp3) is 0.438. The molecule has 1 unspecified atom stereocenters. The molecular weight excluding hydrogens is 314 g/mol. The minimum Gasteiger partial charge on any atom is -0.451 e. The number of hydrogen-bond donors (Lipinski definition) is 0. The molecule has 0 aromatic carbocycles. The van der Waals surface area contributed by atoms with Gasteiger partial charge in [0.1, 0.15) is 6.26 Å². The number of oxazole rings is 1. The van der Waals surface area contributed by atoms with Gasteiger partial charge in [-0.25, -0.2) is 4.98 Å². The third-order valence-electron chi connectivity index (χ3n) is 4.26. The lowest BCUT2D eigenvalue weighted by atomic mass is 9.92. The molecule has 1 amide bonds. The first-order valence-electron chi connectivity index (χ1n) is 7.57. The fourth-order valence-electron chi connectivity index (χ4n) is 3.09. The normalized spacial score (nSPS) is 22.3.